The lowest BCUT2D eigenvalue weighted by molar-refractivity contribution is -0.111. The van der Waals surface area contributed by atoms with Crippen molar-refractivity contribution in [2.45, 2.75) is 19.3 Å². The number of amides is 1. The second-order valence-corrected chi connectivity index (χ2v) is 7.29. The number of carbonyl (C=O) groups excluding carboxylic acids is 2. The zero-order valence-corrected chi connectivity index (χ0v) is 21.0. The molecule has 0 spiro atoms. The van der Waals surface area contributed by atoms with Gasteiger partial charge in [0.25, 0.3) is 0 Å². The van der Waals surface area contributed by atoms with Crippen molar-refractivity contribution in [3.8, 4) is 18.9 Å². The number of anilines is 1. The van der Waals surface area contributed by atoms with Gasteiger partial charge in [-0.2, -0.15) is 5.26 Å². The molecular weight excluding hydrogens is 459 g/mol. The van der Waals surface area contributed by atoms with Gasteiger partial charge in [0.1, 0.15) is 6.29 Å². The Morgan fingerprint density at radius 3 is 1.88 bits per heavy atom. The lowest BCUT2D eigenvalue weighted by Crippen LogP contribution is -2.25. The van der Waals surface area contributed by atoms with Gasteiger partial charge in [0.2, 0.25) is 6.41 Å². The third-order valence-corrected chi connectivity index (χ3v) is 4.74. The third-order valence-electron chi connectivity index (χ3n) is 4.31. The van der Waals surface area contributed by atoms with E-state index in [4.69, 9.17) is 33.3 Å². The fraction of sp³-hybridized carbons (Fsp3) is 0.320. The number of hydrogen-bond donors (Lipinski definition) is 3. The van der Waals surface area contributed by atoms with Gasteiger partial charge in [-0.15, -0.1) is 12.8 Å². The molecule has 0 unspecified atom stereocenters. The molecule has 2 aromatic rings. The van der Waals surface area contributed by atoms with E-state index in [1.807, 2.05) is 38.4 Å². The molecule has 0 saturated heterocycles. The highest BCUT2D eigenvalue weighted by atomic mass is 35.5. The first-order valence-electron chi connectivity index (χ1n) is 10.1. The summed E-state index contributed by atoms with van der Waals surface area (Å²) in [5.74, 6) is 0.200. The molecule has 0 aliphatic heterocycles. The van der Waals surface area contributed by atoms with Crippen LogP contribution < -0.4 is 16.0 Å². The van der Waals surface area contributed by atoms with Crippen LogP contribution in [0.4, 0.5) is 5.69 Å². The van der Waals surface area contributed by atoms with Crippen molar-refractivity contribution in [1.82, 2.24) is 10.6 Å². The van der Waals surface area contributed by atoms with E-state index in [0.29, 0.717) is 28.6 Å². The summed E-state index contributed by atoms with van der Waals surface area (Å²) in [7, 11) is 5.23. The normalized spacial score (nSPS) is 10.6. The molecule has 0 aromatic heterocycles. The minimum atomic E-state index is -0.0158. The Balaban J connectivity index is 0. The number of carbonyl (C=O) groups is 2. The topological polar surface area (TPSA) is 94.0 Å². The fourth-order valence-corrected chi connectivity index (χ4v) is 3.34. The fourth-order valence-electron chi connectivity index (χ4n) is 2.81. The van der Waals surface area contributed by atoms with Crippen molar-refractivity contribution >= 4 is 41.6 Å². The largest absolute Gasteiger partial charge is 0.388 e. The molecule has 1 amide bonds. The van der Waals surface area contributed by atoms with Crippen molar-refractivity contribution in [2.75, 3.05) is 33.0 Å². The SMILES string of the molecule is C#C.CC[C@@H](c1ccc(C#N)cc1)[C@@H](C=O)CNC.CNC=O.CNc1cc(Cl)cc(Cl)c1. The van der Waals surface area contributed by atoms with Gasteiger partial charge in [-0.3, -0.25) is 4.79 Å². The minimum absolute atomic E-state index is 0.0158. The smallest absolute Gasteiger partial charge is 0.206 e. The predicted octanol–water partition coefficient (Wildman–Crippen LogP) is 4.73. The molecule has 0 bridgehead atoms. The Morgan fingerprint density at radius 2 is 1.55 bits per heavy atom. The highest BCUT2D eigenvalue weighted by Gasteiger charge is 2.20. The Bertz CT molecular complexity index is 845. The van der Waals surface area contributed by atoms with Crippen LogP contribution in [0.3, 0.4) is 0 Å². The summed E-state index contributed by atoms with van der Waals surface area (Å²) >= 11 is 11.4. The van der Waals surface area contributed by atoms with Crippen molar-refractivity contribution in [3.05, 3.63) is 63.6 Å². The van der Waals surface area contributed by atoms with Crippen LogP contribution in [0.15, 0.2) is 42.5 Å². The first-order chi connectivity index (χ1) is 15.9. The highest BCUT2D eigenvalue weighted by molar-refractivity contribution is 6.35. The zero-order valence-electron chi connectivity index (χ0n) is 19.4. The van der Waals surface area contributed by atoms with E-state index < -0.39 is 0 Å². The van der Waals surface area contributed by atoms with Crippen molar-refractivity contribution in [2.24, 2.45) is 5.92 Å². The van der Waals surface area contributed by atoms with E-state index in [1.165, 1.54) is 0 Å². The summed E-state index contributed by atoms with van der Waals surface area (Å²) in [5.41, 5.74) is 2.70. The van der Waals surface area contributed by atoms with Crippen LogP contribution in [-0.2, 0) is 9.59 Å². The monoisotopic (exact) mass is 490 g/mol. The van der Waals surface area contributed by atoms with E-state index in [2.05, 4.69) is 41.8 Å². The van der Waals surface area contributed by atoms with E-state index in [0.717, 1.165) is 24.0 Å². The summed E-state index contributed by atoms with van der Waals surface area (Å²) in [5, 5.41) is 18.3. The lowest BCUT2D eigenvalue weighted by Gasteiger charge is -2.21. The quantitative estimate of drug-likeness (QED) is 0.367. The molecule has 6 nitrogen and oxygen atoms in total. The van der Waals surface area contributed by atoms with Gasteiger partial charge in [-0.05, 0) is 55.3 Å². The highest BCUT2D eigenvalue weighted by Crippen LogP contribution is 2.27. The van der Waals surface area contributed by atoms with E-state index >= 15 is 0 Å². The molecule has 0 aliphatic rings. The molecule has 2 aromatic carbocycles. The summed E-state index contributed by atoms with van der Waals surface area (Å²) in [4.78, 5) is 20.2. The maximum Gasteiger partial charge on any atom is 0.206 e. The van der Waals surface area contributed by atoms with Gasteiger partial charge >= 0.3 is 0 Å². The van der Waals surface area contributed by atoms with Gasteiger partial charge in [0.15, 0.2) is 0 Å². The predicted molar refractivity (Wildman–Crippen MR) is 139 cm³/mol. The summed E-state index contributed by atoms with van der Waals surface area (Å²) < 4.78 is 0. The molecule has 3 N–H and O–H groups in total. The van der Waals surface area contributed by atoms with Crippen molar-refractivity contribution < 1.29 is 9.59 Å². The molecule has 2 rings (SSSR count). The van der Waals surface area contributed by atoms with Gasteiger partial charge < -0.3 is 20.7 Å². The minimum Gasteiger partial charge on any atom is -0.388 e. The molecule has 0 heterocycles. The second kappa shape index (κ2) is 20.8. The van der Waals surface area contributed by atoms with Crippen LogP contribution >= 0.6 is 23.2 Å². The lowest BCUT2D eigenvalue weighted by atomic mass is 9.84. The maximum absolute atomic E-state index is 11.1. The van der Waals surface area contributed by atoms with E-state index in [-0.39, 0.29) is 11.8 Å². The average Bonchev–Trinajstić information content (AvgIpc) is 2.85. The number of rotatable bonds is 8. The molecule has 2 atom stereocenters. The zero-order chi connectivity index (χ0) is 25.6. The van der Waals surface area contributed by atoms with E-state index in [1.54, 1.807) is 25.2 Å². The molecule has 0 aliphatic carbocycles. The number of aldehydes is 1. The standard InChI is InChI=1S/C14H18N2O.C7H7Cl2N.C2H5NO.C2H2/c1-3-14(13(10-17)9-16-2)12-6-4-11(8-15)5-7-12;1-10-7-3-5(8)2-6(9)4-7;1-3-2-4;1-2/h4-7,10,13-14,16H,3,9H2,1-2H3;2-4,10H,1H3;2H,1H3,(H,3,4);1-2H/t13-,14+;;;/m1.../s1. The van der Waals surface area contributed by atoms with Crippen LogP contribution in [0.5, 0.6) is 0 Å². The molecule has 8 heteroatoms. The van der Waals surface area contributed by atoms with Gasteiger partial charge in [0, 0.05) is 42.3 Å². The Labute approximate surface area is 207 Å². The molecule has 0 saturated carbocycles. The maximum atomic E-state index is 11.1. The number of benzene rings is 2. The van der Waals surface area contributed by atoms with Crippen LogP contribution in [0.25, 0.3) is 0 Å². The van der Waals surface area contributed by atoms with Gasteiger partial charge in [0.05, 0.1) is 11.6 Å². The van der Waals surface area contributed by atoms with Gasteiger partial charge in [-0.25, -0.2) is 0 Å². The molecular formula is C25H32Cl2N4O2. The number of nitrogens with one attached hydrogen (secondary N) is 3. The van der Waals surface area contributed by atoms with Crippen LogP contribution in [-0.4, -0.2) is 40.4 Å². The third kappa shape index (κ3) is 13.9. The number of terminal acetylenes is 1. The average molecular weight is 491 g/mol. The Morgan fingerprint density at radius 1 is 1.03 bits per heavy atom. The van der Waals surface area contributed by atoms with E-state index in [9.17, 15) is 4.79 Å². The molecule has 0 radical (unpaired) electrons. The molecule has 178 valence electrons. The number of hydrogen-bond acceptors (Lipinski definition) is 5. The molecule has 0 fully saturated rings. The first-order valence-corrected chi connectivity index (χ1v) is 10.8. The van der Waals surface area contributed by atoms with Crippen LogP contribution in [0, 0.1) is 30.1 Å². The van der Waals surface area contributed by atoms with Crippen molar-refractivity contribution in [3.63, 3.8) is 0 Å². The Hall–Kier alpha value is -3.03. The Kier molecular flexibility index (Phi) is 20.3. The second-order valence-electron chi connectivity index (χ2n) is 6.42. The number of nitriles is 1. The van der Waals surface area contributed by atoms with Gasteiger partial charge in [-0.1, -0.05) is 42.3 Å². The van der Waals surface area contributed by atoms with Crippen molar-refractivity contribution in [1.29, 1.82) is 5.26 Å². The van der Waals surface area contributed by atoms with Crippen LogP contribution in [0.1, 0.15) is 30.4 Å². The first kappa shape index (κ1) is 32.2. The summed E-state index contributed by atoms with van der Waals surface area (Å²) in [6.45, 7) is 2.76. The number of halogens is 2. The van der Waals surface area contributed by atoms with Crippen LogP contribution in [0.2, 0.25) is 10.0 Å². The summed E-state index contributed by atoms with van der Waals surface area (Å²) in [6, 6.07) is 14.9. The number of nitrogens with zero attached hydrogens (tertiary/aromatic N) is 1. The molecule has 33 heavy (non-hydrogen) atoms. The summed E-state index contributed by atoms with van der Waals surface area (Å²) in [6.07, 6.45) is 10.6.